The maximum Gasteiger partial charge on any atom is 0.255 e. The van der Waals surface area contributed by atoms with Gasteiger partial charge in [-0.3, -0.25) is 4.79 Å². The molecule has 2 heterocycles. The molecule has 0 spiro atoms. The minimum Gasteiger partial charge on any atom is -0.371 e. The molecule has 1 atom stereocenters. The fourth-order valence-corrected chi connectivity index (χ4v) is 5.33. The Labute approximate surface area is 197 Å². The number of nitrogens with zero attached hydrogens (tertiary/aromatic N) is 2. The number of unbranched alkanes of at least 4 members (excludes halogenated alkanes) is 2. The van der Waals surface area contributed by atoms with Crippen LogP contribution in [0.1, 0.15) is 59.2 Å². The van der Waals surface area contributed by atoms with E-state index in [2.05, 4.69) is 45.1 Å². The third-order valence-electron chi connectivity index (χ3n) is 6.64. The number of aldehydes is 2. The van der Waals surface area contributed by atoms with Crippen LogP contribution < -0.4 is 4.90 Å². The Morgan fingerprint density at radius 3 is 2.78 bits per heavy atom. The number of halogens is 1. The van der Waals surface area contributed by atoms with Crippen molar-refractivity contribution in [2.24, 2.45) is 0 Å². The Balaban J connectivity index is 1.30. The van der Waals surface area contributed by atoms with E-state index >= 15 is 0 Å². The van der Waals surface area contributed by atoms with E-state index in [1.54, 1.807) is 4.90 Å². The van der Waals surface area contributed by atoms with Gasteiger partial charge in [0, 0.05) is 41.8 Å². The second kappa shape index (κ2) is 10.4. The SMILES string of the molecule is O=CCCC(C=O)N1Cc2c(CCCCCN3CCc4cc(Br)ccc43)cccc2C1=O. The summed E-state index contributed by atoms with van der Waals surface area (Å²) >= 11 is 3.56. The van der Waals surface area contributed by atoms with E-state index in [1.165, 1.54) is 16.8 Å². The van der Waals surface area contributed by atoms with Gasteiger partial charge in [-0.1, -0.05) is 34.5 Å². The first-order chi connectivity index (χ1) is 15.6. The first kappa shape index (κ1) is 22.7. The first-order valence-electron chi connectivity index (χ1n) is 11.5. The number of anilines is 1. The van der Waals surface area contributed by atoms with Crippen molar-refractivity contribution in [1.82, 2.24) is 4.90 Å². The van der Waals surface area contributed by atoms with Gasteiger partial charge in [-0.05, 0) is 73.1 Å². The van der Waals surface area contributed by atoms with Crippen molar-refractivity contribution in [1.29, 1.82) is 0 Å². The number of rotatable bonds is 11. The molecule has 0 aliphatic carbocycles. The molecule has 2 aliphatic rings. The molecule has 0 aromatic heterocycles. The predicted octanol–water partition coefficient (Wildman–Crippen LogP) is 4.73. The summed E-state index contributed by atoms with van der Waals surface area (Å²) in [6.45, 7) is 2.64. The zero-order valence-electron chi connectivity index (χ0n) is 18.3. The molecule has 0 saturated heterocycles. The molecule has 0 bridgehead atoms. The van der Waals surface area contributed by atoms with E-state index in [4.69, 9.17) is 0 Å². The molecule has 0 fully saturated rings. The summed E-state index contributed by atoms with van der Waals surface area (Å²) in [5.74, 6) is -0.0933. The molecule has 32 heavy (non-hydrogen) atoms. The molecule has 1 amide bonds. The topological polar surface area (TPSA) is 57.7 Å². The van der Waals surface area contributed by atoms with Gasteiger partial charge < -0.3 is 19.4 Å². The molecule has 2 aromatic rings. The molecule has 2 aromatic carbocycles. The molecule has 0 radical (unpaired) electrons. The molecule has 168 valence electrons. The maximum atomic E-state index is 12.8. The van der Waals surface area contributed by atoms with Gasteiger partial charge in [-0.2, -0.15) is 0 Å². The lowest BCUT2D eigenvalue weighted by Crippen LogP contribution is -2.36. The number of carbonyl (C=O) groups is 3. The average Bonchev–Trinajstić information content (AvgIpc) is 3.35. The van der Waals surface area contributed by atoms with Crippen LogP contribution in [-0.4, -0.2) is 42.5 Å². The molecule has 1 unspecified atom stereocenters. The van der Waals surface area contributed by atoms with Crippen LogP contribution in [0.2, 0.25) is 0 Å². The van der Waals surface area contributed by atoms with Crippen molar-refractivity contribution in [3.8, 4) is 0 Å². The third-order valence-corrected chi connectivity index (χ3v) is 7.13. The fraction of sp³-hybridized carbons (Fsp3) is 0.423. The quantitative estimate of drug-likeness (QED) is 0.333. The Morgan fingerprint density at radius 1 is 1.09 bits per heavy atom. The minimum absolute atomic E-state index is 0.0933. The van der Waals surface area contributed by atoms with E-state index in [1.807, 2.05) is 12.1 Å². The Kier molecular flexibility index (Phi) is 7.40. The Hall–Kier alpha value is -2.47. The van der Waals surface area contributed by atoms with Crippen molar-refractivity contribution in [2.75, 3.05) is 18.0 Å². The van der Waals surface area contributed by atoms with E-state index < -0.39 is 6.04 Å². The highest BCUT2D eigenvalue weighted by Crippen LogP contribution is 2.31. The summed E-state index contributed by atoms with van der Waals surface area (Å²) in [4.78, 5) is 39.1. The Morgan fingerprint density at radius 2 is 1.97 bits per heavy atom. The molecule has 2 aliphatic heterocycles. The van der Waals surface area contributed by atoms with Gasteiger partial charge in [0.05, 0.1) is 6.04 Å². The molecule has 6 heteroatoms. The molecule has 0 saturated carbocycles. The summed E-state index contributed by atoms with van der Waals surface area (Å²) in [6, 6.07) is 11.9. The van der Waals surface area contributed by atoms with E-state index in [0.29, 0.717) is 18.5 Å². The monoisotopic (exact) mass is 496 g/mol. The van der Waals surface area contributed by atoms with Crippen LogP contribution in [0, 0.1) is 0 Å². The number of benzene rings is 2. The predicted molar refractivity (Wildman–Crippen MR) is 129 cm³/mol. The van der Waals surface area contributed by atoms with Crippen molar-refractivity contribution in [3.63, 3.8) is 0 Å². The van der Waals surface area contributed by atoms with Gasteiger partial charge in [0.25, 0.3) is 5.91 Å². The number of carbonyl (C=O) groups excluding carboxylic acids is 3. The van der Waals surface area contributed by atoms with Crippen LogP contribution in [0.5, 0.6) is 0 Å². The lowest BCUT2D eigenvalue weighted by Gasteiger charge is -2.22. The number of hydrogen-bond acceptors (Lipinski definition) is 4. The van der Waals surface area contributed by atoms with Crippen LogP contribution >= 0.6 is 15.9 Å². The van der Waals surface area contributed by atoms with Crippen molar-refractivity contribution in [3.05, 3.63) is 63.1 Å². The second-order valence-corrected chi connectivity index (χ2v) is 9.56. The summed E-state index contributed by atoms with van der Waals surface area (Å²) in [6.07, 6.45) is 7.69. The molecule has 5 nitrogen and oxygen atoms in total. The lowest BCUT2D eigenvalue weighted by molar-refractivity contribution is -0.112. The lowest BCUT2D eigenvalue weighted by atomic mass is 9.98. The number of fused-ring (bicyclic) bond motifs is 2. The van der Waals surface area contributed by atoms with Gasteiger partial charge >= 0.3 is 0 Å². The van der Waals surface area contributed by atoms with Crippen LogP contribution in [0.4, 0.5) is 5.69 Å². The van der Waals surface area contributed by atoms with E-state index in [-0.39, 0.29) is 12.3 Å². The molecule has 0 N–H and O–H groups in total. The second-order valence-electron chi connectivity index (χ2n) is 8.64. The molecular weight excluding hydrogens is 468 g/mol. The Bertz CT molecular complexity index is 1010. The van der Waals surface area contributed by atoms with Gasteiger partial charge in [0.2, 0.25) is 0 Å². The smallest absolute Gasteiger partial charge is 0.255 e. The van der Waals surface area contributed by atoms with Crippen LogP contribution in [0.3, 0.4) is 0 Å². The summed E-state index contributed by atoms with van der Waals surface area (Å²) in [5.41, 5.74) is 5.76. The molecular formula is C26H29BrN2O3. The number of amides is 1. The zero-order chi connectivity index (χ0) is 22.5. The van der Waals surface area contributed by atoms with Crippen LogP contribution in [0.15, 0.2) is 40.9 Å². The standard InChI is InChI=1S/C26H29BrN2O3/c27-21-10-11-25-20(16-21)12-14-28(25)13-3-1-2-6-19-7-4-9-23-24(19)17-29(26(23)32)22(18-31)8-5-15-30/h4,7,9-11,15-16,18,22H,1-3,5-6,8,12-14,17H2. The minimum atomic E-state index is -0.531. The highest BCUT2D eigenvalue weighted by molar-refractivity contribution is 9.10. The van der Waals surface area contributed by atoms with Crippen molar-refractivity contribution < 1.29 is 14.4 Å². The summed E-state index contributed by atoms with van der Waals surface area (Å²) in [7, 11) is 0. The fourth-order valence-electron chi connectivity index (χ4n) is 4.92. The van der Waals surface area contributed by atoms with Crippen molar-refractivity contribution >= 4 is 40.1 Å². The van der Waals surface area contributed by atoms with Gasteiger partial charge in [0.15, 0.2) is 0 Å². The van der Waals surface area contributed by atoms with Crippen LogP contribution in [0.25, 0.3) is 0 Å². The summed E-state index contributed by atoms with van der Waals surface area (Å²) < 4.78 is 1.15. The zero-order valence-corrected chi connectivity index (χ0v) is 19.9. The average molecular weight is 497 g/mol. The third kappa shape index (κ3) is 4.80. The highest BCUT2D eigenvalue weighted by atomic mass is 79.9. The van der Waals surface area contributed by atoms with E-state index in [0.717, 1.165) is 67.8 Å². The van der Waals surface area contributed by atoms with Gasteiger partial charge in [0.1, 0.15) is 12.6 Å². The first-order valence-corrected chi connectivity index (χ1v) is 12.3. The number of aryl methyl sites for hydroxylation is 1. The van der Waals surface area contributed by atoms with Gasteiger partial charge in [-0.25, -0.2) is 0 Å². The summed E-state index contributed by atoms with van der Waals surface area (Å²) in [5, 5.41) is 0. The van der Waals surface area contributed by atoms with Crippen molar-refractivity contribution in [2.45, 2.75) is 57.5 Å². The largest absolute Gasteiger partial charge is 0.371 e. The van der Waals surface area contributed by atoms with Crippen LogP contribution in [-0.2, 0) is 29.0 Å². The maximum absolute atomic E-state index is 12.8. The molecule has 4 rings (SSSR count). The number of hydrogen-bond donors (Lipinski definition) is 0. The highest BCUT2D eigenvalue weighted by Gasteiger charge is 2.33. The normalized spacial score (nSPS) is 15.6. The van der Waals surface area contributed by atoms with E-state index in [9.17, 15) is 14.4 Å². The van der Waals surface area contributed by atoms with Gasteiger partial charge in [-0.15, -0.1) is 0 Å².